The molecule has 0 unspecified atom stereocenters. The van der Waals surface area contributed by atoms with Crippen LogP contribution >= 0.6 is 11.6 Å². The van der Waals surface area contributed by atoms with Crippen molar-refractivity contribution in [2.45, 2.75) is 45.3 Å². The quantitative estimate of drug-likeness (QED) is 0.359. The molecular formula is C29H30ClN5O3. The van der Waals surface area contributed by atoms with E-state index in [1.54, 1.807) is 18.2 Å². The highest BCUT2D eigenvalue weighted by atomic mass is 35.5. The minimum absolute atomic E-state index is 0.0588. The Labute approximate surface area is 225 Å². The van der Waals surface area contributed by atoms with Crippen molar-refractivity contribution in [1.29, 1.82) is 0 Å². The van der Waals surface area contributed by atoms with Gasteiger partial charge in [-0.15, -0.1) is 0 Å². The van der Waals surface area contributed by atoms with Crippen LogP contribution in [0, 0.1) is 5.41 Å². The van der Waals surface area contributed by atoms with Gasteiger partial charge in [-0.1, -0.05) is 56.6 Å². The first-order chi connectivity index (χ1) is 18.1. The molecule has 3 amide bonds. The number of nitrogens with one attached hydrogen (secondary N) is 3. The summed E-state index contributed by atoms with van der Waals surface area (Å²) in [5.74, 6) is -0.493. The number of carbonyl (C=O) groups is 3. The van der Waals surface area contributed by atoms with Crippen molar-refractivity contribution >= 4 is 51.1 Å². The molecule has 4 aromatic rings. The molecule has 0 saturated carbocycles. The van der Waals surface area contributed by atoms with E-state index in [1.807, 2.05) is 67.0 Å². The van der Waals surface area contributed by atoms with Crippen LogP contribution < -0.4 is 5.32 Å². The molecule has 0 spiro atoms. The third-order valence-electron chi connectivity index (χ3n) is 7.76. The summed E-state index contributed by atoms with van der Waals surface area (Å²) < 4.78 is 0. The minimum Gasteiger partial charge on any atom is -0.351 e. The van der Waals surface area contributed by atoms with E-state index in [-0.39, 0.29) is 29.8 Å². The lowest BCUT2D eigenvalue weighted by Crippen LogP contribution is -2.59. The average molecular weight is 532 g/mol. The van der Waals surface area contributed by atoms with Crippen LogP contribution in [0.1, 0.15) is 48.2 Å². The Hall–Kier alpha value is -3.78. The average Bonchev–Trinajstić information content (AvgIpc) is 3.66. The highest BCUT2D eigenvalue weighted by molar-refractivity contribution is 6.31. The fourth-order valence-electron chi connectivity index (χ4n) is 5.77. The van der Waals surface area contributed by atoms with Crippen molar-refractivity contribution in [3.05, 3.63) is 71.0 Å². The molecule has 38 heavy (non-hydrogen) atoms. The number of rotatable bonds is 4. The normalized spacial score (nSPS) is 19.9. The van der Waals surface area contributed by atoms with Crippen molar-refractivity contribution in [2.75, 3.05) is 13.1 Å². The summed E-state index contributed by atoms with van der Waals surface area (Å²) in [6.45, 7) is 6.78. The molecule has 0 aliphatic carbocycles. The molecule has 2 aliphatic rings. The number of hydrogen-bond acceptors (Lipinski definition) is 3. The van der Waals surface area contributed by atoms with E-state index in [0.29, 0.717) is 29.5 Å². The van der Waals surface area contributed by atoms with Gasteiger partial charge in [-0.2, -0.15) is 0 Å². The van der Waals surface area contributed by atoms with Gasteiger partial charge in [-0.3, -0.25) is 14.4 Å². The summed E-state index contributed by atoms with van der Waals surface area (Å²) in [7, 11) is 0. The Morgan fingerprint density at radius 3 is 2.26 bits per heavy atom. The lowest BCUT2D eigenvalue weighted by atomic mass is 9.85. The molecule has 0 radical (unpaired) electrons. The van der Waals surface area contributed by atoms with Crippen LogP contribution in [-0.4, -0.2) is 68.7 Å². The summed E-state index contributed by atoms with van der Waals surface area (Å²) in [6.07, 6.45) is 0.733. The van der Waals surface area contributed by atoms with Crippen LogP contribution in [0.4, 0.5) is 0 Å². The maximum absolute atomic E-state index is 13.8. The van der Waals surface area contributed by atoms with Gasteiger partial charge in [-0.25, -0.2) is 0 Å². The number of likely N-dealkylation sites (tertiary alicyclic amines) is 2. The number of carbonyl (C=O) groups excluding carboxylic acids is 3. The van der Waals surface area contributed by atoms with E-state index in [1.165, 1.54) is 0 Å². The molecule has 2 saturated heterocycles. The van der Waals surface area contributed by atoms with E-state index in [9.17, 15) is 14.4 Å². The van der Waals surface area contributed by atoms with E-state index in [2.05, 4.69) is 15.3 Å². The number of fused-ring (bicyclic) bond motifs is 4. The molecule has 3 N–H and O–H groups in total. The van der Waals surface area contributed by atoms with Crippen LogP contribution in [0.5, 0.6) is 0 Å². The standard InChI is InChI=1S/C29H30ClN5O3/c1-29(2,3)25(33-26(36)23-10-16-6-4-5-7-21(16)31-23)28(38)35-15-19-13-20(35)14-34(19)27(37)24-11-17-8-9-18(30)12-22(17)32-24/h4-12,19-20,25,31-32H,13-15H2,1-3H3,(H,33,36)/t19-,20-,25+/m0/s1. The van der Waals surface area contributed by atoms with Crippen LogP contribution in [0.2, 0.25) is 5.02 Å². The largest absolute Gasteiger partial charge is 0.351 e. The summed E-state index contributed by atoms with van der Waals surface area (Å²) >= 11 is 6.09. The summed E-state index contributed by atoms with van der Waals surface area (Å²) in [5, 5.41) is 5.47. The minimum atomic E-state index is -0.705. The summed E-state index contributed by atoms with van der Waals surface area (Å²) in [6, 6.07) is 16.0. The molecule has 8 nitrogen and oxygen atoms in total. The number of piperazine rings is 1. The highest BCUT2D eigenvalue weighted by Gasteiger charge is 2.50. The Morgan fingerprint density at radius 1 is 0.895 bits per heavy atom. The van der Waals surface area contributed by atoms with Gasteiger partial charge in [0.15, 0.2) is 0 Å². The molecular weight excluding hydrogens is 502 g/mol. The summed E-state index contributed by atoms with van der Waals surface area (Å²) in [5.41, 5.74) is 2.14. The second-order valence-corrected chi connectivity index (χ2v) is 11.9. The second kappa shape index (κ2) is 8.91. The molecule has 2 aromatic carbocycles. The van der Waals surface area contributed by atoms with E-state index >= 15 is 0 Å². The molecule has 9 heteroatoms. The Bertz CT molecular complexity index is 1550. The van der Waals surface area contributed by atoms with Crippen molar-refractivity contribution in [2.24, 2.45) is 5.41 Å². The number of amides is 3. The Morgan fingerprint density at radius 2 is 1.55 bits per heavy atom. The SMILES string of the molecule is CC(C)(C)[C@H](NC(=O)c1cc2ccccc2[nH]1)C(=O)N1C[C@@H]2C[C@H]1CN2C(=O)c1cc2ccc(Cl)cc2[nH]1. The zero-order chi connectivity index (χ0) is 26.8. The zero-order valence-electron chi connectivity index (χ0n) is 21.5. The van der Waals surface area contributed by atoms with Gasteiger partial charge in [0.1, 0.15) is 17.4 Å². The smallest absolute Gasteiger partial charge is 0.270 e. The lowest BCUT2D eigenvalue weighted by Gasteiger charge is -2.39. The van der Waals surface area contributed by atoms with Gasteiger partial charge < -0.3 is 25.1 Å². The van der Waals surface area contributed by atoms with Crippen molar-refractivity contribution in [3.63, 3.8) is 0 Å². The lowest BCUT2D eigenvalue weighted by molar-refractivity contribution is -0.138. The number of halogens is 1. The number of benzene rings is 2. The predicted molar refractivity (Wildman–Crippen MR) is 147 cm³/mol. The number of para-hydroxylation sites is 1. The van der Waals surface area contributed by atoms with Gasteiger partial charge in [0.2, 0.25) is 5.91 Å². The summed E-state index contributed by atoms with van der Waals surface area (Å²) in [4.78, 5) is 50.3. The maximum atomic E-state index is 13.8. The third kappa shape index (κ3) is 4.22. The topological polar surface area (TPSA) is 101 Å². The molecule has 6 rings (SSSR count). The number of aromatic amines is 2. The van der Waals surface area contributed by atoms with Gasteiger partial charge in [0.05, 0.1) is 12.1 Å². The highest BCUT2D eigenvalue weighted by Crippen LogP contribution is 2.34. The zero-order valence-corrected chi connectivity index (χ0v) is 22.3. The van der Waals surface area contributed by atoms with Crippen molar-refractivity contribution < 1.29 is 14.4 Å². The van der Waals surface area contributed by atoms with Gasteiger partial charge >= 0.3 is 0 Å². The van der Waals surface area contributed by atoms with Crippen molar-refractivity contribution in [3.8, 4) is 0 Å². The van der Waals surface area contributed by atoms with Crippen LogP contribution in [-0.2, 0) is 4.79 Å². The first-order valence-electron chi connectivity index (χ1n) is 12.9. The molecule has 2 aliphatic heterocycles. The third-order valence-corrected chi connectivity index (χ3v) is 8.00. The molecule has 2 bridgehead atoms. The van der Waals surface area contributed by atoms with E-state index in [0.717, 1.165) is 28.2 Å². The Kier molecular flexibility index (Phi) is 5.76. The van der Waals surface area contributed by atoms with E-state index in [4.69, 9.17) is 11.6 Å². The van der Waals surface area contributed by atoms with Gasteiger partial charge in [-0.05, 0) is 42.2 Å². The first-order valence-corrected chi connectivity index (χ1v) is 13.2. The molecule has 196 valence electrons. The van der Waals surface area contributed by atoms with E-state index < -0.39 is 11.5 Å². The number of hydrogen-bond donors (Lipinski definition) is 3. The van der Waals surface area contributed by atoms with Crippen LogP contribution in [0.25, 0.3) is 21.8 Å². The number of aromatic nitrogens is 2. The number of H-pyrrole nitrogens is 2. The van der Waals surface area contributed by atoms with Gasteiger partial charge in [0, 0.05) is 39.9 Å². The van der Waals surface area contributed by atoms with Gasteiger partial charge in [0.25, 0.3) is 11.8 Å². The second-order valence-electron chi connectivity index (χ2n) is 11.4. The van der Waals surface area contributed by atoms with Crippen molar-refractivity contribution in [1.82, 2.24) is 25.1 Å². The molecule has 2 fully saturated rings. The van der Waals surface area contributed by atoms with Crippen LogP contribution in [0.3, 0.4) is 0 Å². The first kappa shape index (κ1) is 24.6. The number of nitrogens with zero attached hydrogens (tertiary/aromatic N) is 2. The fourth-order valence-corrected chi connectivity index (χ4v) is 5.95. The van der Waals surface area contributed by atoms with Crippen LogP contribution in [0.15, 0.2) is 54.6 Å². The monoisotopic (exact) mass is 531 g/mol. The predicted octanol–water partition coefficient (Wildman–Crippen LogP) is 4.57. The molecule has 4 heterocycles. The maximum Gasteiger partial charge on any atom is 0.270 e. The molecule has 2 aromatic heterocycles. The fraction of sp³-hybridized carbons (Fsp3) is 0.345. The Balaban J connectivity index is 1.16. The molecule has 3 atom stereocenters.